The molecule has 0 radical (unpaired) electrons. The van der Waals surface area contributed by atoms with Gasteiger partial charge >= 0.3 is 0 Å². The van der Waals surface area contributed by atoms with Crippen molar-refractivity contribution >= 4 is 11.8 Å². The third kappa shape index (κ3) is 10.8. The zero-order chi connectivity index (χ0) is 15.4. The van der Waals surface area contributed by atoms with Gasteiger partial charge in [-0.15, -0.1) is 0 Å². The second-order valence-electron chi connectivity index (χ2n) is 5.26. The van der Waals surface area contributed by atoms with Crippen LogP contribution < -0.4 is 16.0 Å². The third-order valence-electron chi connectivity index (χ3n) is 2.73. The number of nitrogens with one attached hydrogen (secondary N) is 3. The van der Waals surface area contributed by atoms with E-state index in [-0.39, 0.29) is 17.9 Å². The van der Waals surface area contributed by atoms with Crippen molar-refractivity contribution in [3.63, 3.8) is 0 Å². The summed E-state index contributed by atoms with van der Waals surface area (Å²) in [5.74, 6) is 0.409. The van der Waals surface area contributed by atoms with E-state index in [0.29, 0.717) is 38.6 Å². The number of carbonyl (C=O) groups excluding carboxylic acids is 2. The van der Waals surface area contributed by atoms with Crippen LogP contribution in [-0.4, -0.2) is 51.2 Å². The van der Waals surface area contributed by atoms with Crippen molar-refractivity contribution in [3.05, 3.63) is 0 Å². The molecule has 0 aliphatic carbocycles. The Morgan fingerprint density at radius 1 is 1.10 bits per heavy atom. The molecule has 20 heavy (non-hydrogen) atoms. The molecular formula is C14H29N3O3. The number of methoxy groups -OCH3 is 1. The predicted octanol–water partition coefficient (Wildman–Crippen LogP) is 0.280. The fourth-order valence-electron chi connectivity index (χ4n) is 1.48. The first kappa shape index (κ1) is 18.9. The Kier molecular flexibility index (Phi) is 11.0. The highest BCUT2D eigenvalue weighted by Crippen LogP contribution is 1.89. The number of hydrogen-bond donors (Lipinski definition) is 3. The zero-order valence-electron chi connectivity index (χ0n) is 13.1. The summed E-state index contributed by atoms with van der Waals surface area (Å²) in [6.45, 7) is 8.32. The van der Waals surface area contributed by atoms with E-state index in [1.165, 1.54) is 0 Å². The standard InChI is InChI=1S/C14H29N3O3/c1-11(2)10-17-13(18)6-8-15-12(3)14(19)16-7-5-9-20-4/h11-12,15H,5-10H2,1-4H3,(H,16,19)(H,17,18). The molecule has 6 nitrogen and oxygen atoms in total. The fourth-order valence-corrected chi connectivity index (χ4v) is 1.48. The van der Waals surface area contributed by atoms with Crippen molar-refractivity contribution in [1.82, 2.24) is 16.0 Å². The molecule has 1 unspecified atom stereocenters. The summed E-state index contributed by atoms with van der Waals surface area (Å²) >= 11 is 0. The molecule has 0 fully saturated rings. The zero-order valence-corrected chi connectivity index (χ0v) is 13.1. The lowest BCUT2D eigenvalue weighted by Gasteiger charge is -2.14. The third-order valence-corrected chi connectivity index (χ3v) is 2.73. The summed E-state index contributed by atoms with van der Waals surface area (Å²) in [6.07, 6.45) is 1.18. The summed E-state index contributed by atoms with van der Waals surface area (Å²) in [5.41, 5.74) is 0. The van der Waals surface area contributed by atoms with Gasteiger partial charge in [-0.05, 0) is 19.3 Å². The van der Waals surface area contributed by atoms with Crippen molar-refractivity contribution in [1.29, 1.82) is 0 Å². The van der Waals surface area contributed by atoms with Crippen LogP contribution in [-0.2, 0) is 14.3 Å². The SMILES string of the molecule is COCCCNC(=O)C(C)NCCC(=O)NCC(C)C. The van der Waals surface area contributed by atoms with Gasteiger partial charge in [-0.2, -0.15) is 0 Å². The van der Waals surface area contributed by atoms with Crippen molar-refractivity contribution in [2.45, 2.75) is 39.7 Å². The smallest absolute Gasteiger partial charge is 0.236 e. The van der Waals surface area contributed by atoms with Crippen LogP contribution in [0, 0.1) is 5.92 Å². The van der Waals surface area contributed by atoms with Gasteiger partial charge in [-0.3, -0.25) is 9.59 Å². The molecule has 1 atom stereocenters. The lowest BCUT2D eigenvalue weighted by molar-refractivity contribution is -0.124. The minimum Gasteiger partial charge on any atom is -0.385 e. The Bertz CT molecular complexity index is 283. The molecule has 118 valence electrons. The van der Waals surface area contributed by atoms with E-state index in [1.807, 2.05) is 0 Å². The number of hydrogen-bond acceptors (Lipinski definition) is 4. The molecular weight excluding hydrogens is 258 g/mol. The van der Waals surface area contributed by atoms with Crippen molar-refractivity contribution in [2.24, 2.45) is 5.92 Å². The van der Waals surface area contributed by atoms with Crippen LogP contribution in [0.5, 0.6) is 0 Å². The molecule has 0 aromatic heterocycles. The van der Waals surface area contributed by atoms with Gasteiger partial charge in [0.05, 0.1) is 6.04 Å². The van der Waals surface area contributed by atoms with Crippen molar-refractivity contribution in [3.8, 4) is 0 Å². The first-order valence-electron chi connectivity index (χ1n) is 7.24. The number of rotatable bonds is 11. The molecule has 0 rings (SSSR count). The highest BCUT2D eigenvalue weighted by atomic mass is 16.5. The van der Waals surface area contributed by atoms with Crippen LogP contribution in [0.4, 0.5) is 0 Å². The topological polar surface area (TPSA) is 79.5 Å². The highest BCUT2D eigenvalue weighted by Gasteiger charge is 2.11. The van der Waals surface area contributed by atoms with E-state index in [2.05, 4.69) is 29.8 Å². The van der Waals surface area contributed by atoms with Crippen LogP contribution in [0.1, 0.15) is 33.6 Å². The second-order valence-corrected chi connectivity index (χ2v) is 5.26. The summed E-state index contributed by atoms with van der Waals surface area (Å²) in [4.78, 5) is 23.2. The molecule has 6 heteroatoms. The Hall–Kier alpha value is -1.14. The van der Waals surface area contributed by atoms with Crippen LogP contribution in [0.25, 0.3) is 0 Å². The van der Waals surface area contributed by atoms with E-state index < -0.39 is 0 Å². The largest absolute Gasteiger partial charge is 0.385 e. The maximum Gasteiger partial charge on any atom is 0.236 e. The molecule has 3 N–H and O–H groups in total. The summed E-state index contributed by atoms with van der Waals surface area (Å²) in [6, 6.07) is -0.296. The normalized spacial score (nSPS) is 12.2. The maximum absolute atomic E-state index is 11.7. The van der Waals surface area contributed by atoms with Gasteiger partial charge in [-0.25, -0.2) is 0 Å². The fraction of sp³-hybridized carbons (Fsp3) is 0.857. The van der Waals surface area contributed by atoms with Gasteiger partial charge in [0.25, 0.3) is 0 Å². The minimum atomic E-state index is -0.296. The van der Waals surface area contributed by atoms with Crippen LogP contribution in [0.15, 0.2) is 0 Å². The number of ether oxygens (including phenoxy) is 1. The van der Waals surface area contributed by atoms with Crippen LogP contribution >= 0.6 is 0 Å². The molecule has 0 heterocycles. The average Bonchev–Trinajstić information content (AvgIpc) is 2.40. The monoisotopic (exact) mass is 287 g/mol. The lowest BCUT2D eigenvalue weighted by atomic mass is 10.2. The first-order chi connectivity index (χ1) is 9.47. The Morgan fingerprint density at radius 3 is 2.40 bits per heavy atom. The Morgan fingerprint density at radius 2 is 1.80 bits per heavy atom. The first-order valence-corrected chi connectivity index (χ1v) is 7.24. The molecule has 0 spiro atoms. The van der Waals surface area contributed by atoms with Gasteiger partial charge in [0.15, 0.2) is 0 Å². The van der Waals surface area contributed by atoms with E-state index in [1.54, 1.807) is 14.0 Å². The van der Waals surface area contributed by atoms with Gasteiger partial charge < -0.3 is 20.7 Å². The quantitative estimate of drug-likeness (QED) is 0.477. The van der Waals surface area contributed by atoms with Crippen molar-refractivity contribution < 1.29 is 14.3 Å². The number of amides is 2. The van der Waals surface area contributed by atoms with E-state index in [9.17, 15) is 9.59 Å². The molecule has 0 bridgehead atoms. The molecule has 0 aliphatic rings. The summed E-state index contributed by atoms with van der Waals surface area (Å²) < 4.78 is 4.90. The molecule has 0 aromatic carbocycles. The maximum atomic E-state index is 11.7. The van der Waals surface area contributed by atoms with Crippen molar-refractivity contribution in [2.75, 3.05) is 33.4 Å². The van der Waals surface area contributed by atoms with Crippen LogP contribution in [0.2, 0.25) is 0 Å². The van der Waals surface area contributed by atoms with Gasteiger partial charge in [0.2, 0.25) is 11.8 Å². The lowest BCUT2D eigenvalue weighted by Crippen LogP contribution is -2.43. The minimum absolute atomic E-state index is 0.0129. The molecule has 0 saturated heterocycles. The summed E-state index contributed by atoms with van der Waals surface area (Å²) in [7, 11) is 1.64. The summed E-state index contributed by atoms with van der Waals surface area (Å²) in [5, 5.41) is 8.69. The van der Waals surface area contributed by atoms with Gasteiger partial charge in [-0.1, -0.05) is 13.8 Å². The average molecular weight is 287 g/mol. The van der Waals surface area contributed by atoms with Gasteiger partial charge in [0.1, 0.15) is 0 Å². The highest BCUT2D eigenvalue weighted by molar-refractivity contribution is 5.81. The molecule has 2 amide bonds. The van der Waals surface area contributed by atoms with Crippen LogP contribution in [0.3, 0.4) is 0 Å². The molecule has 0 aromatic rings. The second kappa shape index (κ2) is 11.7. The predicted molar refractivity (Wildman–Crippen MR) is 79.4 cm³/mol. The number of carbonyl (C=O) groups is 2. The van der Waals surface area contributed by atoms with E-state index in [0.717, 1.165) is 6.42 Å². The molecule has 0 aliphatic heterocycles. The molecule has 0 saturated carbocycles. The van der Waals surface area contributed by atoms with E-state index >= 15 is 0 Å². The van der Waals surface area contributed by atoms with Gasteiger partial charge in [0, 0.05) is 39.8 Å². The Labute approximate surface area is 122 Å². The van der Waals surface area contributed by atoms with E-state index in [4.69, 9.17) is 4.74 Å². The Balaban J connectivity index is 3.63.